The molecule has 7 heteroatoms. The van der Waals surface area contributed by atoms with Crippen LogP contribution in [0, 0.1) is 0 Å². The molecule has 5 nitrogen and oxygen atoms in total. The van der Waals surface area contributed by atoms with E-state index in [2.05, 4.69) is 12.2 Å². The highest BCUT2D eigenvalue weighted by Crippen LogP contribution is 2.20. The quantitative estimate of drug-likeness (QED) is 0.648. The smallest absolute Gasteiger partial charge is 0.251 e. The molecule has 2 aromatic carbocycles. The maximum absolute atomic E-state index is 12.9. The molecule has 1 atom stereocenters. The summed E-state index contributed by atoms with van der Waals surface area (Å²) in [5.74, 6) is -0.117. The minimum absolute atomic E-state index is 0.117. The van der Waals surface area contributed by atoms with Gasteiger partial charge in [-0.25, -0.2) is 8.42 Å². The van der Waals surface area contributed by atoms with Crippen molar-refractivity contribution in [3.05, 3.63) is 64.7 Å². The number of nitrogens with one attached hydrogen (secondary N) is 1. The second-order valence-electron chi connectivity index (χ2n) is 6.75. The zero-order chi connectivity index (χ0) is 20.7. The molecule has 0 aromatic heterocycles. The normalized spacial score (nSPS) is 12.8. The Bertz CT molecular complexity index is 881. The molecular formula is C21H27ClN2O3S. The minimum Gasteiger partial charge on any atom is -0.350 e. The van der Waals surface area contributed by atoms with E-state index in [4.69, 9.17) is 11.6 Å². The maximum Gasteiger partial charge on any atom is 0.251 e. The molecule has 152 valence electrons. The van der Waals surface area contributed by atoms with Crippen LogP contribution < -0.4 is 5.32 Å². The van der Waals surface area contributed by atoms with Crippen LogP contribution in [0.15, 0.2) is 53.4 Å². The van der Waals surface area contributed by atoms with Gasteiger partial charge in [-0.3, -0.25) is 4.79 Å². The van der Waals surface area contributed by atoms with Crippen molar-refractivity contribution >= 4 is 27.5 Å². The first-order valence-electron chi connectivity index (χ1n) is 9.43. The van der Waals surface area contributed by atoms with Crippen LogP contribution in [0.25, 0.3) is 0 Å². The molecule has 0 fully saturated rings. The van der Waals surface area contributed by atoms with E-state index >= 15 is 0 Å². The number of sulfonamides is 1. The molecular weight excluding hydrogens is 396 g/mol. The molecule has 0 saturated heterocycles. The summed E-state index contributed by atoms with van der Waals surface area (Å²) in [5, 5.41) is 3.45. The average molecular weight is 423 g/mol. The molecule has 0 spiro atoms. The third-order valence-corrected chi connectivity index (χ3v) is 6.67. The van der Waals surface area contributed by atoms with Crippen LogP contribution in [-0.4, -0.2) is 31.2 Å². The van der Waals surface area contributed by atoms with Gasteiger partial charge in [-0.1, -0.05) is 44.0 Å². The largest absolute Gasteiger partial charge is 0.350 e. The van der Waals surface area contributed by atoms with Gasteiger partial charge in [0.2, 0.25) is 10.0 Å². The lowest BCUT2D eigenvalue weighted by atomic mass is 10.1. The van der Waals surface area contributed by atoms with Crippen molar-refractivity contribution in [1.29, 1.82) is 0 Å². The first-order valence-corrected chi connectivity index (χ1v) is 11.2. The molecule has 0 aliphatic heterocycles. The fourth-order valence-electron chi connectivity index (χ4n) is 2.90. The standard InChI is InChI=1S/C21H27ClN2O3S/c1-4-6-16(3)23-21(25)18-9-7-17(8-10-18)15-24(5-2)28(26,27)20-13-11-19(22)12-14-20/h7-14,16H,4-6,15H2,1-3H3,(H,23,25). The summed E-state index contributed by atoms with van der Waals surface area (Å²) >= 11 is 5.85. The molecule has 0 radical (unpaired) electrons. The zero-order valence-corrected chi connectivity index (χ0v) is 18.1. The SMILES string of the molecule is CCCC(C)NC(=O)c1ccc(CN(CC)S(=O)(=O)c2ccc(Cl)cc2)cc1. The van der Waals surface area contributed by atoms with Gasteiger partial charge in [0.25, 0.3) is 5.91 Å². The van der Waals surface area contributed by atoms with Crippen molar-refractivity contribution < 1.29 is 13.2 Å². The number of nitrogens with zero attached hydrogens (tertiary/aromatic N) is 1. The average Bonchev–Trinajstić information content (AvgIpc) is 2.66. The number of carbonyl (C=O) groups is 1. The fraction of sp³-hybridized carbons (Fsp3) is 0.381. The second kappa shape index (κ2) is 10.0. The monoisotopic (exact) mass is 422 g/mol. The van der Waals surface area contributed by atoms with Crippen molar-refractivity contribution in [3.63, 3.8) is 0 Å². The Morgan fingerprint density at radius 1 is 1.07 bits per heavy atom. The molecule has 2 aromatic rings. The first kappa shape index (κ1) is 22.4. The highest BCUT2D eigenvalue weighted by Gasteiger charge is 2.23. The summed E-state index contributed by atoms with van der Waals surface area (Å²) in [6, 6.07) is 13.3. The number of carbonyl (C=O) groups excluding carboxylic acids is 1. The van der Waals surface area contributed by atoms with Gasteiger partial charge in [0.15, 0.2) is 0 Å². The van der Waals surface area contributed by atoms with Crippen LogP contribution in [-0.2, 0) is 16.6 Å². The van der Waals surface area contributed by atoms with E-state index < -0.39 is 10.0 Å². The molecule has 1 amide bonds. The topological polar surface area (TPSA) is 66.5 Å². The summed E-state index contributed by atoms with van der Waals surface area (Å²) in [5.41, 5.74) is 1.38. The van der Waals surface area contributed by atoms with Crippen molar-refractivity contribution in [3.8, 4) is 0 Å². The minimum atomic E-state index is -3.62. The van der Waals surface area contributed by atoms with Crippen molar-refractivity contribution in [2.24, 2.45) is 0 Å². The third-order valence-electron chi connectivity index (χ3n) is 4.48. The molecule has 0 aliphatic rings. The molecule has 28 heavy (non-hydrogen) atoms. The van der Waals surface area contributed by atoms with Crippen LogP contribution in [0.1, 0.15) is 49.5 Å². The summed E-state index contributed by atoms with van der Waals surface area (Å²) in [4.78, 5) is 12.5. The van der Waals surface area contributed by atoms with E-state index in [0.717, 1.165) is 18.4 Å². The molecule has 0 heterocycles. The van der Waals surface area contributed by atoms with E-state index in [1.54, 1.807) is 43.3 Å². The highest BCUT2D eigenvalue weighted by atomic mass is 35.5. The van der Waals surface area contributed by atoms with E-state index in [-0.39, 0.29) is 23.4 Å². The lowest BCUT2D eigenvalue weighted by Crippen LogP contribution is -2.32. The van der Waals surface area contributed by atoms with Crippen LogP contribution in [0.2, 0.25) is 5.02 Å². The van der Waals surface area contributed by atoms with Crippen LogP contribution >= 0.6 is 11.6 Å². The van der Waals surface area contributed by atoms with Gasteiger partial charge >= 0.3 is 0 Å². The number of hydrogen-bond donors (Lipinski definition) is 1. The Kier molecular flexibility index (Phi) is 8.04. The van der Waals surface area contributed by atoms with Gasteiger partial charge in [0, 0.05) is 29.7 Å². The van der Waals surface area contributed by atoms with Gasteiger partial charge in [0.1, 0.15) is 0 Å². The van der Waals surface area contributed by atoms with Gasteiger partial charge in [-0.2, -0.15) is 4.31 Å². The Morgan fingerprint density at radius 2 is 1.68 bits per heavy atom. The van der Waals surface area contributed by atoms with Crippen LogP contribution in [0.4, 0.5) is 0 Å². The lowest BCUT2D eigenvalue weighted by molar-refractivity contribution is 0.0938. The predicted molar refractivity (Wildman–Crippen MR) is 113 cm³/mol. The summed E-state index contributed by atoms with van der Waals surface area (Å²) in [7, 11) is -3.62. The van der Waals surface area contributed by atoms with Crippen molar-refractivity contribution in [1.82, 2.24) is 9.62 Å². The van der Waals surface area contributed by atoms with Gasteiger partial charge in [0.05, 0.1) is 4.90 Å². The summed E-state index contributed by atoms with van der Waals surface area (Å²) in [6.45, 7) is 6.42. The van der Waals surface area contributed by atoms with Crippen molar-refractivity contribution in [2.45, 2.75) is 51.1 Å². The summed E-state index contributed by atoms with van der Waals surface area (Å²) < 4.78 is 27.1. The molecule has 0 saturated carbocycles. The molecule has 1 N–H and O–H groups in total. The first-order chi connectivity index (χ1) is 13.3. The number of benzene rings is 2. The number of rotatable bonds is 9. The Hall–Kier alpha value is -1.89. The van der Waals surface area contributed by atoms with E-state index in [1.807, 2.05) is 6.92 Å². The number of hydrogen-bond acceptors (Lipinski definition) is 3. The van der Waals surface area contributed by atoms with E-state index in [1.165, 1.54) is 16.4 Å². The van der Waals surface area contributed by atoms with E-state index in [0.29, 0.717) is 17.1 Å². The van der Waals surface area contributed by atoms with Crippen LogP contribution in [0.3, 0.4) is 0 Å². The van der Waals surface area contributed by atoms with Crippen LogP contribution in [0.5, 0.6) is 0 Å². The van der Waals surface area contributed by atoms with Gasteiger partial charge < -0.3 is 5.32 Å². The van der Waals surface area contributed by atoms with Crippen molar-refractivity contribution in [2.75, 3.05) is 6.54 Å². The fourth-order valence-corrected chi connectivity index (χ4v) is 4.46. The third kappa shape index (κ3) is 5.80. The molecule has 0 aliphatic carbocycles. The molecule has 0 bridgehead atoms. The zero-order valence-electron chi connectivity index (χ0n) is 16.5. The molecule has 1 unspecified atom stereocenters. The Balaban J connectivity index is 2.11. The van der Waals surface area contributed by atoms with Gasteiger partial charge in [-0.05, 0) is 55.3 Å². The molecule has 2 rings (SSSR count). The number of amides is 1. The predicted octanol–water partition coefficient (Wildman–Crippen LogP) is 4.47. The highest BCUT2D eigenvalue weighted by molar-refractivity contribution is 7.89. The Morgan fingerprint density at radius 3 is 2.21 bits per heavy atom. The van der Waals surface area contributed by atoms with Gasteiger partial charge in [-0.15, -0.1) is 0 Å². The maximum atomic E-state index is 12.9. The van der Waals surface area contributed by atoms with E-state index in [9.17, 15) is 13.2 Å². The summed E-state index contributed by atoms with van der Waals surface area (Å²) in [6.07, 6.45) is 1.94. The number of halogens is 1. The lowest BCUT2D eigenvalue weighted by Gasteiger charge is -2.21. The second-order valence-corrected chi connectivity index (χ2v) is 9.12. The Labute approximate surface area is 172 Å².